The summed E-state index contributed by atoms with van der Waals surface area (Å²) in [5.74, 6) is 1.36. The number of nitrogens with zero attached hydrogens (tertiary/aromatic N) is 1. The molecular weight excluding hydrogens is 268 g/mol. The van der Waals surface area contributed by atoms with Crippen molar-refractivity contribution in [1.82, 2.24) is 5.32 Å². The highest BCUT2D eigenvalue weighted by molar-refractivity contribution is 7.08. The number of aliphatic hydroxyl groups excluding tert-OH is 1. The van der Waals surface area contributed by atoms with Crippen molar-refractivity contribution in [1.29, 1.82) is 0 Å². The van der Waals surface area contributed by atoms with Gasteiger partial charge in [-0.2, -0.15) is 11.3 Å². The molecule has 2 unspecified atom stereocenters. The molecule has 0 saturated carbocycles. The molecule has 2 rings (SSSR count). The molecule has 1 fully saturated rings. The van der Waals surface area contributed by atoms with E-state index < -0.39 is 0 Å². The van der Waals surface area contributed by atoms with Crippen LogP contribution in [0.15, 0.2) is 16.8 Å². The second-order valence-corrected chi connectivity index (χ2v) is 7.11. The Balaban J connectivity index is 1.90. The van der Waals surface area contributed by atoms with E-state index >= 15 is 0 Å². The van der Waals surface area contributed by atoms with Crippen LogP contribution in [0.25, 0.3) is 0 Å². The Bertz CT molecular complexity index is 367. The van der Waals surface area contributed by atoms with Crippen LogP contribution in [0.2, 0.25) is 0 Å². The Kier molecular flexibility index (Phi) is 6.33. The van der Waals surface area contributed by atoms with E-state index in [0.717, 1.165) is 32.0 Å². The predicted molar refractivity (Wildman–Crippen MR) is 87.6 cm³/mol. The Morgan fingerprint density at radius 3 is 2.95 bits per heavy atom. The van der Waals surface area contributed by atoms with Gasteiger partial charge in [0.1, 0.15) is 0 Å². The molecule has 114 valence electrons. The van der Waals surface area contributed by atoms with Crippen LogP contribution in [-0.4, -0.2) is 37.4 Å². The molecule has 1 aliphatic heterocycles. The molecule has 3 nitrogen and oxygen atoms in total. The third-order valence-electron chi connectivity index (χ3n) is 4.10. The number of piperidine rings is 1. The summed E-state index contributed by atoms with van der Waals surface area (Å²) < 4.78 is 0. The van der Waals surface area contributed by atoms with Crippen LogP contribution in [0.3, 0.4) is 0 Å². The van der Waals surface area contributed by atoms with Gasteiger partial charge in [0.2, 0.25) is 0 Å². The average Bonchev–Trinajstić information content (AvgIpc) is 2.92. The van der Waals surface area contributed by atoms with Crippen LogP contribution in [-0.2, 0) is 0 Å². The topological polar surface area (TPSA) is 35.5 Å². The molecule has 1 aromatic heterocycles. The van der Waals surface area contributed by atoms with E-state index in [1.807, 2.05) is 0 Å². The number of aliphatic hydroxyl groups is 1. The summed E-state index contributed by atoms with van der Waals surface area (Å²) in [5.41, 5.74) is 1.34. The third kappa shape index (κ3) is 4.76. The largest absolute Gasteiger partial charge is 0.396 e. The SMILES string of the molecule is CC(C)CCNC1CC(CCO)CN(c2ccsc2)C1. The average molecular weight is 296 g/mol. The van der Waals surface area contributed by atoms with Gasteiger partial charge in [-0.25, -0.2) is 0 Å². The molecule has 0 aromatic carbocycles. The van der Waals surface area contributed by atoms with Crippen molar-refractivity contribution in [3.05, 3.63) is 16.8 Å². The normalized spacial score (nSPS) is 23.5. The fraction of sp³-hybridized carbons (Fsp3) is 0.750. The Morgan fingerprint density at radius 1 is 1.45 bits per heavy atom. The zero-order chi connectivity index (χ0) is 14.4. The molecule has 0 spiro atoms. The van der Waals surface area contributed by atoms with Crippen molar-refractivity contribution in [3.8, 4) is 0 Å². The Labute approximate surface area is 127 Å². The molecule has 1 saturated heterocycles. The van der Waals surface area contributed by atoms with Gasteiger partial charge in [-0.1, -0.05) is 13.8 Å². The second kappa shape index (κ2) is 8.01. The van der Waals surface area contributed by atoms with Crippen LogP contribution in [0.1, 0.15) is 33.1 Å². The number of nitrogens with one attached hydrogen (secondary N) is 1. The first-order valence-corrected chi connectivity index (χ1v) is 8.74. The summed E-state index contributed by atoms with van der Waals surface area (Å²) in [6.07, 6.45) is 3.35. The second-order valence-electron chi connectivity index (χ2n) is 6.33. The van der Waals surface area contributed by atoms with E-state index in [-0.39, 0.29) is 0 Å². The number of rotatable bonds is 7. The lowest BCUT2D eigenvalue weighted by atomic mass is 9.91. The predicted octanol–water partition coefficient (Wildman–Crippen LogP) is 2.96. The van der Waals surface area contributed by atoms with Crippen LogP contribution in [0.4, 0.5) is 5.69 Å². The van der Waals surface area contributed by atoms with Gasteiger partial charge in [0.05, 0.1) is 0 Å². The van der Waals surface area contributed by atoms with E-state index in [2.05, 4.69) is 40.9 Å². The highest BCUT2D eigenvalue weighted by Gasteiger charge is 2.26. The van der Waals surface area contributed by atoms with Crippen molar-refractivity contribution < 1.29 is 5.11 Å². The van der Waals surface area contributed by atoms with Crippen LogP contribution in [0, 0.1) is 11.8 Å². The summed E-state index contributed by atoms with van der Waals surface area (Å²) in [7, 11) is 0. The van der Waals surface area contributed by atoms with Gasteiger partial charge in [-0.15, -0.1) is 0 Å². The van der Waals surface area contributed by atoms with E-state index in [1.54, 1.807) is 11.3 Å². The minimum absolute atomic E-state index is 0.306. The van der Waals surface area contributed by atoms with E-state index in [0.29, 0.717) is 18.6 Å². The summed E-state index contributed by atoms with van der Waals surface area (Å²) in [6, 6.07) is 2.76. The van der Waals surface area contributed by atoms with E-state index in [1.165, 1.54) is 18.5 Å². The lowest BCUT2D eigenvalue weighted by Gasteiger charge is -2.39. The lowest BCUT2D eigenvalue weighted by Crippen LogP contribution is -2.49. The maximum Gasteiger partial charge on any atom is 0.0475 e. The van der Waals surface area contributed by atoms with Gasteiger partial charge < -0.3 is 15.3 Å². The molecule has 2 atom stereocenters. The molecular formula is C16H28N2OS. The molecule has 1 aliphatic rings. The van der Waals surface area contributed by atoms with E-state index in [4.69, 9.17) is 0 Å². The summed E-state index contributed by atoms with van der Waals surface area (Å²) in [6.45, 7) is 8.13. The van der Waals surface area contributed by atoms with Crippen LogP contribution < -0.4 is 10.2 Å². The Hall–Kier alpha value is -0.580. The minimum Gasteiger partial charge on any atom is -0.396 e. The van der Waals surface area contributed by atoms with Crippen LogP contribution in [0.5, 0.6) is 0 Å². The Morgan fingerprint density at radius 2 is 2.30 bits per heavy atom. The summed E-state index contributed by atoms with van der Waals surface area (Å²) >= 11 is 1.76. The summed E-state index contributed by atoms with van der Waals surface area (Å²) in [4.78, 5) is 2.48. The van der Waals surface area contributed by atoms with Gasteiger partial charge >= 0.3 is 0 Å². The molecule has 0 bridgehead atoms. The van der Waals surface area contributed by atoms with Gasteiger partial charge in [-0.3, -0.25) is 0 Å². The van der Waals surface area contributed by atoms with Gasteiger partial charge in [0.25, 0.3) is 0 Å². The number of hydrogen-bond acceptors (Lipinski definition) is 4. The molecule has 0 amide bonds. The number of anilines is 1. The van der Waals surface area contributed by atoms with Gasteiger partial charge in [-0.05, 0) is 49.1 Å². The molecule has 20 heavy (non-hydrogen) atoms. The van der Waals surface area contributed by atoms with E-state index in [9.17, 15) is 5.11 Å². The quantitative estimate of drug-likeness (QED) is 0.812. The number of hydrogen-bond donors (Lipinski definition) is 2. The zero-order valence-corrected chi connectivity index (χ0v) is 13.5. The van der Waals surface area contributed by atoms with Crippen molar-refractivity contribution in [3.63, 3.8) is 0 Å². The van der Waals surface area contributed by atoms with Crippen molar-refractivity contribution in [2.75, 3.05) is 31.1 Å². The fourth-order valence-electron chi connectivity index (χ4n) is 2.97. The zero-order valence-electron chi connectivity index (χ0n) is 12.7. The number of thiophene rings is 1. The molecule has 2 heterocycles. The first-order valence-electron chi connectivity index (χ1n) is 7.80. The van der Waals surface area contributed by atoms with Gasteiger partial charge in [0, 0.05) is 36.8 Å². The van der Waals surface area contributed by atoms with Gasteiger partial charge in [0.15, 0.2) is 0 Å². The molecule has 0 radical (unpaired) electrons. The molecule has 1 aromatic rings. The van der Waals surface area contributed by atoms with Crippen molar-refractivity contribution in [2.45, 2.75) is 39.2 Å². The highest BCUT2D eigenvalue weighted by atomic mass is 32.1. The molecule has 4 heteroatoms. The maximum absolute atomic E-state index is 9.23. The maximum atomic E-state index is 9.23. The monoisotopic (exact) mass is 296 g/mol. The third-order valence-corrected chi connectivity index (χ3v) is 4.77. The molecule has 0 aliphatic carbocycles. The molecule has 2 N–H and O–H groups in total. The van der Waals surface area contributed by atoms with Crippen molar-refractivity contribution >= 4 is 17.0 Å². The fourth-order valence-corrected chi connectivity index (χ4v) is 3.63. The highest BCUT2D eigenvalue weighted by Crippen LogP contribution is 2.26. The smallest absolute Gasteiger partial charge is 0.0475 e. The minimum atomic E-state index is 0.306. The standard InChI is InChI=1S/C16H28N2OS/c1-13(2)3-6-17-15-9-14(4-7-19)10-18(11-15)16-5-8-20-12-16/h5,8,12-15,17,19H,3-4,6-7,9-11H2,1-2H3. The lowest BCUT2D eigenvalue weighted by molar-refractivity contribution is 0.230. The first-order chi connectivity index (χ1) is 9.69. The first kappa shape index (κ1) is 15.8. The van der Waals surface area contributed by atoms with Crippen LogP contribution >= 0.6 is 11.3 Å². The summed E-state index contributed by atoms with van der Waals surface area (Å²) in [5, 5.41) is 17.3. The van der Waals surface area contributed by atoms with Crippen molar-refractivity contribution in [2.24, 2.45) is 11.8 Å².